The molecule has 1 aromatic carbocycles. The van der Waals surface area contributed by atoms with Crippen LogP contribution >= 0.6 is 11.8 Å². The second-order valence-electron chi connectivity index (χ2n) is 4.03. The largest absolute Gasteiger partial charge is 0.324 e. The number of thioether (sulfide) groups is 1. The minimum absolute atomic E-state index is 0.409. The number of rotatable bonds is 7. The summed E-state index contributed by atoms with van der Waals surface area (Å²) in [5.74, 6) is 0.179. The van der Waals surface area contributed by atoms with Crippen LogP contribution in [-0.4, -0.2) is 30.9 Å². The first-order chi connectivity index (χ1) is 9.29. The normalized spacial score (nSPS) is 13.2. The molecule has 0 heterocycles. The third kappa shape index (κ3) is 4.15. The van der Waals surface area contributed by atoms with Crippen molar-refractivity contribution in [2.24, 2.45) is 0 Å². The summed E-state index contributed by atoms with van der Waals surface area (Å²) in [6.45, 7) is 3.58. The van der Waals surface area contributed by atoms with Crippen molar-refractivity contribution < 1.29 is 17.7 Å². The molecule has 0 aliphatic carbocycles. The van der Waals surface area contributed by atoms with Crippen molar-refractivity contribution in [3.8, 4) is 0 Å². The summed E-state index contributed by atoms with van der Waals surface area (Å²) < 4.78 is 39.9. The molecule has 0 fully saturated rings. The number of nitro benzene ring substituents is 1. The fourth-order valence-corrected chi connectivity index (χ4v) is 3.75. The van der Waals surface area contributed by atoms with Gasteiger partial charge in [-0.15, -0.1) is 0 Å². The first-order valence-corrected chi connectivity index (χ1v) is 8.46. The van der Waals surface area contributed by atoms with Crippen LogP contribution in [0.2, 0.25) is 0 Å². The average molecular weight is 322 g/mol. The van der Waals surface area contributed by atoms with Gasteiger partial charge in [0.15, 0.2) is 4.90 Å². The Morgan fingerprint density at radius 1 is 1.50 bits per heavy atom. The van der Waals surface area contributed by atoms with Gasteiger partial charge in [-0.1, -0.05) is 13.0 Å². The summed E-state index contributed by atoms with van der Waals surface area (Å²) in [5, 5.41) is 10.8. The van der Waals surface area contributed by atoms with Crippen LogP contribution in [0, 0.1) is 15.9 Å². The molecule has 9 heteroatoms. The predicted octanol–water partition coefficient (Wildman–Crippen LogP) is 2.15. The molecule has 1 rings (SSSR count). The van der Waals surface area contributed by atoms with E-state index in [2.05, 4.69) is 4.72 Å². The van der Waals surface area contributed by atoms with Crippen molar-refractivity contribution in [3.05, 3.63) is 34.1 Å². The maximum atomic E-state index is 13.4. The van der Waals surface area contributed by atoms with Crippen molar-refractivity contribution in [2.75, 3.05) is 11.5 Å². The van der Waals surface area contributed by atoms with Crippen LogP contribution in [0.3, 0.4) is 0 Å². The van der Waals surface area contributed by atoms with E-state index in [1.165, 1.54) is 11.8 Å². The molecular weight excluding hydrogens is 307 g/mol. The number of halogens is 1. The fraction of sp³-hybridized carbons (Fsp3) is 0.455. The molecule has 0 saturated carbocycles. The van der Waals surface area contributed by atoms with Crippen LogP contribution in [0.5, 0.6) is 0 Å². The first-order valence-electron chi connectivity index (χ1n) is 5.82. The van der Waals surface area contributed by atoms with Crippen LogP contribution < -0.4 is 4.72 Å². The van der Waals surface area contributed by atoms with Gasteiger partial charge in [0, 0.05) is 11.8 Å². The smallest absolute Gasteiger partial charge is 0.258 e. The summed E-state index contributed by atoms with van der Waals surface area (Å²) in [4.78, 5) is 9.13. The van der Waals surface area contributed by atoms with Crippen LogP contribution in [-0.2, 0) is 10.0 Å². The van der Waals surface area contributed by atoms with Gasteiger partial charge in [-0.3, -0.25) is 10.1 Å². The van der Waals surface area contributed by atoms with Crippen LogP contribution in [0.1, 0.15) is 13.8 Å². The molecule has 0 radical (unpaired) electrons. The summed E-state index contributed by atoms with van der Waals surface area (Å²) in [6, 6.07) is 2.59. The van der Waals surface area contributed by atoms with Gasteiger partial charge in [0.25, 0.3) is 0 Å². The topological polar surface area (TPSA) is 89.3 Å². The van der Waals surface area contributed by atoms with E-state index in [-0.39, 0.29) is 0 Å². The fourth-order valence-electron chi connectivity index (χ4n) is 1.55. The van der Waals surface area contributed by atoms with E-state index in [0.29, 0.717) is 5.75 Å². The second-order valence-corrected chi connectivity index (χ2v) is 7.03. The molecular formula is C11H15FN2O4S2. The molecule has 1 N–H and O–H groups in total. The van der Waals surface area contributed by atoms with Crippen LogP contribution in [0.25, 0.3) is 0 Å². The maximum absolute atomic E-state index is 13.4. The quantitative estimate of drug-likeness (QED) is 0.614. The number of hydrogen-bond donors (Lipinski definition) is 1. The Balaban J connectivity index is 3.10. The monoisotopic (exact) mass is 322 g/mol. The highest BCUT2D eigenvalue weighted by molar-refractivity contribution is 7.99. The SMILES string of the molecule is CCSCC(C)NS(=O)(=O)c1cccc(F)c1[N+](=O)[O-]. The summed E-state index contributed by atoms with van der Waals surface area (Å²) >= 11 is 1.53. The van der Waals surface area contributed by atoms with E-state index in [0.717, 1.165) is 24.0 Å². The van der Waals surface area contributed by atoms with Crippen molar-refractivity contribution in [1.82, 2.24) is 4.72 Å². The minimum atomic E-state index is -4.13. The van der Waals surface area contributed by atoms with Gasteiger partial charge >= 0.3 is 5.69 Å². The average Bonchev–Trinajstić information content (AvgIpc) is 2.35. The maximum Gasteiger partial charge on any atom is 0.324 e. The Labute approximate surface area is 121 Å². The third-order valence-corrected chi connectivity index (χ3v) is 5.12. The Morgan fingerprint density at radius 2 is 2.15 bits per heavy atom. The number of benzene rings is 1. The Bertz CT molecular complexity index is 592. The number of hydrogen-bond acceptors (Lipinski definition) is 5. The zero-order chi connectivity index (χ0) is 15.3. The van der Waals surface area contributed by atoms with Gasteiger partial charge in [0.05, 0.1) is 4.92 Å². The van der Waals surface area contributed by atoms with Crippen molar-refractivity contribution in [1.29, 1.82) is 0 Å². The Kier molecular flexibility index (Phi) is 5.90. The molecule has 1 aromatic rings. The highest BCUT2D eigenvalue weighted by Crippen LogP contribution is 2.26. The van der Waals surface area contributed by atoms with Gasteiger partial charge in [0.2, 0.25) is 15.8 Å². The van der Waals surface area contributed by atoms with E-state index in [4.69, 9.17) is 0 Å². The van der Waals surface area contributed by atoms with Crippen LogP contribution in [0.15, 0.2) is 23.1 Å². The predicted molar refractivity (Wildman–Crippen MR) is 75.8 cm³/mol. The van der Waals surface area contributed by atoms with Gasteiger partial charge in [-0.05, 0) is 24.8 Å². The lowest BCUT2D eigenvalue weighted by atomic mass is 10.3. The lowest BCUT2D eigenvalue weighted by Crippen LogP contribution is -2.34. The molecule has 6 nitrogen and oxygen atoms in total. The van der Waals surface area contributed by atoms with Crippen molar-refractivity contribution in [3.63, 3.8) is 0 Å². The third-order valence-electron chi connectivity index (χ3n) is 2.35. The highest BCUT2D eigenvalue weighted by Gasteiger charge is 2.30. The van der Waals surface area contributed by atoms with Gasteiger partial charge in [-0.2, -0.15) is 16.2 Å². The Hall–Kier alpha value is -1.19. The minimum Gasteiger partial charge on any atom is -0.258 e. The second kappa shape index (κ2) is 7.00. The van der Waals surface area contributed by atoms with E-state index in [1.54, 1.807) is 6.92 Å². The van der Waals surface area contributed by atoms with Gasteiger partial charge in [0.1, 0.15) is 0 Å². The highest BCUT2D eigenvalue weighted by atomic mass is 32.2. The zero-order valence-electron chi connectivity index (χ0n) is 11.0. The number of sulfonamides is 1. The van der Waals surface area contributed by atoms with E-state index in [1.807, 2.05) is 6.92 Å². The molecule has 0 spiro atoms. The number of nitrogens with one attached hydrogen (secondary N) is 1. The van der Waals surface area contributed by atoms with Crippen molar-refractivity contribution in [2.45, 2.75) is 24.8 Å². The molecule has 0 aliphatic heterocycles. The number of para-hydroxylation sites is 1. The lowest BCUT2D eigenvalue weighted by molar-refractivity contribution is -0.390. The van der Waals surface area contributed by atoms with Crippen molar-refractivity contribution >= 4 is 27.5 Å². The van der Waals surface area contributed by atoms with E-state index in [9.17, 15) is 22.9 Å². The first kappa shape index (κ1) is 16.9. The lowest BCUT2D eigenvalue weighted by Gasteiger charge is -2.13. The summed E-state index contributed by atoms with van der Waals surface area (Å²) in [6.07, 6.45) is 0. The zero-order valence-corrected chi connectivity index (χ0v) is 12.6. The molecule has 112 valence electrons. The summed E-state index contributed by atoms with van der Waals surface area (Å²) in [7, 11) is -4.13. The van der Waals surface area contributed by atoms with Gasteiger partial charge in [-0.25, -0.2) is 13.1 Å². The molecule has 0 amide bonds. The molecule has 1 unspecified atom stereocenters. The Morgan fingerprint density at radius 3 is 2.70 bits per heavy atom. The standard InChI is InChI=1S/C11H15FN2O4S2/c1-3-19-7-8(2)13-20(17,18)10-6-4-5-9(12)11(10)14(15)16/h4-6,8,13H,3,7H2,1-2H3. The molecule has 0 bridgehead atoms. The number of nitro groups is 1. The molecule has 1 atom stereocenters. The molecule has 0 aliphatic rings. The van der Waals surface area contributed by atoms with Crippen LogP contribution in [0.4, 0.5) is 10.1 Å². The molecule has 0 saturated heterocycles. The molecule has 20 heavy (non-hydrogen) atoms. The number of nitrogens with zero attached hydrogens (tertiary/aromatic N) is 1. The van der Waals surface area contributed by atoms with E-state index >= 15 is 0 Å². The summed E-state index contributed by atoms with van der Waals surface area (Å²) in [5.41, 5.74) is -1.03. The van der Waals surface area contributed by atoms with Gasteiger partial charge < -0.3 is 0 Å². The van der Waals surface area contributed by atoms with E-state index < -0.39 is 37.4 Å². The molecule has 0 aromatic heterocycles.